The summed E-state index contributed by atoms with van der Waals surface area (Å²) in [5.74, 6) is -1.99. The van der Waals surface area contributed by atoms with E-state index in [1.165, 1.54) is 0 Å². The minimum Gasteiger partial charge on any atom is -0.481 e. The molecule has 25 heavy (non-hydrogen) atoms. The first-order valence-corrected chi connectivity index (χ1v) is 8.91. The summed E-state index contributed by atoms with van der Waals surface area (Å²) in [5, 5.41) is 12.2. The molecule has 0 spiro atoms. The van der Waals surface area contributed by atoms with Crippen LogP contribution in [0, 0.1) is 5.92 Å². The highest BCUT2D eigenvalue weighted by Crippen LogP contribution is 2.22. The van der Waals surface area contributed by atoms with Crippen LogP contribution >= 0.6 is 11.7 Å². The number of aliphatic carboxylic acids is 1. The Balaban J connectivity index is 1.61. The number of carbonyl (C=O) groups is 2. The van der Waals surface area contributed by atoms with Crippen LogP contribution in [-0.4, -0.2) is 75.3 Å². The molecule has 1 atom stereocenters. The van der Waals surface area contributed by atoms with Gasteiger partial charge in [0.05, 0.1) is 23.3 Å². The number of carboxylic acids is 1. The molecular weight excluding hydrogens is 342 g/mol. The Labute approximate surface area is 149 Å². The molecule has 1 aromatic carbocycles. The summed E-state index contributed by atoms with van der Waals surface area (Å²) < 4.78 is 8.31. The van der Waals surface area contributed by atoms with Crippen molar-refractivity contribution in [1.82, 2.24) is 18.5 Å². The lowest BCUT2D eigenvalue weighted by Gasteiger charge is -2.33. The number of carbonyl (C=O) groups excluding carboxylic acids is 1. The van der Waals surface area contributed by atoms with Gasteiger partial charge in [-0.25, -0.2) is 0 Å². The molecule has 1 amide bonds. The number of piperazine rings is 1. The van der Waals surface area contributed by atoms with Crippen LogP contribution in [0.3, 0.4) is 0 Å². The molecule has 1 fully saturated rings. The van der Waals surface area contributed by atoms with E-state index in [9.17, 15) is 14.7 Å². The van der Waals surface area contributed by atoms with Gasteiger partial charge >= 0.3 is 5.97 Å². The van der Waals surface area contributed by atoms with Crippen molar-refractivity contribution in [1.29, 1.82) is 0 Å². The van der Waals surface area contributed by atoms with E-state index in [-0.39, 0.29) is 12.3 Å². The third kappa shape index (κ3) is 4.50. The number of anilines is 1. The summed E-state index contributed by atoms with van der Waals surface area (Å²) in [5.41, 5.74) is 1.92. The number of amides is 1. The maximum atomic E-state index is 12.3. The quantitative estimate of drug-likeness (QED) is 0.789. The molecular formula is C16H21N5O3S. The first-order chi connectivity index (χ1) is 12.0. The Bertz CT molecular complexity index is 757. The predicted octanol–water partition coefficient (Wildman–Crippen LogP) is 0.968. The van der Waals surface area contributed by atoms with Crippen molar-refractivity contribution in [2.75, 3.05) is 45.1 Å². The van der Waals surface area contributed by atoms with E-state index in [0.717, 1.165) is 43.4 Å². The van der Waals surface area contributed by atoms with Crippen LogP contribution in [-0.2, 0) is 9.59 Å². The number of fused-ring (bicyclic) bond motifs is 1. The van der Waals surface area contributed by atoms with Crippen LogP contribution < -0.4 is 5.32 Å². The molecule has 0 bridgehead atoms. The van der Waals surface area contributed by atoms with Crippen molar-refractivity contribution in [2.24, 2.45) is 5.92 Å². The molecule has 1 saturated heterocycles. The molecule has 0 aliphatic carbocycles. The van der Waals surface area contributed by atoms with Gasteiger partial charge < -0.3 is 15.3 Å². The Kier molecular flexibility index (Phi) is 5.57. The first kappa shape index (κ1) is 17.7. The number of aromatic nitrogens is 2. The second kappa shape index (κ2) is 7.85. The van der Waals surface area contributed by atoms with Gasteiger partial charge in [-0.2, -0.15) is 8.75 Å². The summed E-state index contributed by atoms with van der Waals surface area (Å²) in [6.45, 7) is 3.87. The maximum Gasteiger partial charge on any atom is 0.308 e. The average Bonchev–Trinajstić information content (AvgIpc) is 3.06. The van der Waals surface area contributed by atoms with Crippen molar-refractivity contribution >= 4 is 40.3 Å². The smallest absolute Gasteiger partial charge is 0.308 e. The normalized spacial score (nSPS) is 17.5. The lowest BCUT2D eigenvalue weighted by molar-refractivity contribution is -0.144. The van der Waals surface area contributed by atoms with Crippen LogP contribution in [0.25, 0.3) is 11.0 Å². The molecule has 0 saturated carbocycles. The van der Waals surface area contributed by atoms with E-state index < -0.39 is 11.9 Å². The molecule has 8 nitrogen and oxygen atoms in total. The van der Waals surface area contributed by atoms with Crippen molar-refractivity contribution in [2.45, 2.75) is 6.42 Å². The minimum atomic E-state index is -0.942. The van der Waals surface area contributed by atoms with Gasteiger partial charge in [0.1, 0.15) is 11.0 Å². The number of benzene rings is 1. The Morgan fingerprint density at radius 1 is 1.28 bits per heavy atom. The van der Waals surface area contributed by atoms with Gasteiger partial charge in [0, 0.05) is 39.1 Å². The zero-order chi connectivity index (χ0) is 17.8. The van der Waals surface area contributed by atoms with Crippen LogP contribution in [0.1, 0.15) is 6.42 Å². The van der Waals surface area contributed by atoms with Gasteiger partial charge in [0.25, 0.3) is 0 Å². The molecule has 0 radical (unpaired) electrons. The number of likely N-dealkylation sites (N-methyl/N-ethyl adjacent to an activating group) is 1. The van der Waals surface area contributed by atoms with Crippen molar-refractivity contribution in [3.05, 3.63) is 18.2 Å². The minimum absolute atomic E-state index is 0.0599. The van der Waals surface area contributed by atoms with Gasteiger partial charge in [0.2, 0.25) is 5.91 Å². The van der Waals surface area contributed by atoms with Gasteiger partial charge in [-0.15, -0.1) is 0 Å². The predicted molar refractivity (Wildman–Crippen MR) is 95.7 cm³/mol. The highest BCUT2D eigenvalue weighted by Gasteiger charge is 2.26. The molecule has 1 aliphatic heterocycles. The summed E-state index contributed by atoms with van der Waals surface area (Å²) in [6, 6.07) is 5.36. The Morgan fingerprint density at radius 2 is 2.04 bits per heavy atom. The van der Waals surface area contributed by atoms with Gasteiger partial charge in [-0.3, -0.25) is 14.5 Å². The van der Waals surface area contributed by atoms with Gasteiger partial charge in [-0.05, 0) is 19.2 Å². The largest absolute Gasteiger partial charge is 0.481 e. The molecule has 1 unspecified atom stereocenters. The summed E-state index contributed by atoms with van der Waals surface area (Å²) >= 11 is 1.08. The third-order valence-electron chi connectivity index (χ3n) is 4.42. The van der Waals surface area contributed by atoms with Crippen LogP contribution in [0.4, 0.5) is 5.69 Å². The number of carboxylic acid groups (broad SMARTS) is 1. The highest BCUT2D eigenvalue weighted by molar-refractivity contribution is 7.00. The second-order valence-corrected chi connectivity index (χ2v) is 6.86. The Hall–Kier alpha value is -2.10. The molecule has 1 aliphatic rings. The number of hydrogen-bond donors (Lipinski definition) is 2. The van der Waals surface area contributed by atoms with E-state index in [4.69, 9.17) is 0 Å². The maximum absolute atomic E-state index is 12.3. The van der Waals surface area contributed by atoms with Crippen LogP contribution in [0.5, 0.6) is 0 Å². The van der Waals surface area contributed by atoms with Gasteiger partial charge in [-0.1, -0.05) is 6.07 Å². The second-order valence-electron chi connectivity index (χ2n) is 6.33. The van der Waals surface area contributed by atoms with E-state index in [1.54, 1.807) is 12.1 Å². The molecule has 134 valence electrons. The van der Waals surface area contributed by atoms with E-state index in [1.807, 2.05) is 13.1 Å². The summed E-state index contributed by atoms with van der Waals surface area (Å²) in [6.07, 6.45) is -0.0599. The molecule has 2 aromatic rings. The number of rotatable bonds is 6. The lowest BCUT2D eigenvalue weighted by atomic mass is 10.0. The molecule has 2 heterocycles. The van der Waals surface area contributed by atoms with Crippen molar-refractivity contribution < 1.29 is 14.7 Å². The first-order valence-electron chi connectivity index (χ1n) is 8.18. The monoisotopic (exact) mass is 363 g/mol. The van der Waals surface area contributed by atoms with E-state index in [2.05, 4.69) is 23.9 Å². The third-order valence-corrected chi connectivity index (χ3v) is 4.96. The average molecular weight is 363 g/mol. The SMILES string of the molecule is CN1CCN(CC(CC(=O)Nc2cccc3nsnc23)C(=O)O)CC1. The summed E-state index contributed by atoms with van der Waals surface area (Å²) in [4.78, 5) is 28.2. The molecule has 3 rings (SSSR count). The van der Waals surface area contributed by atoms with Crippen molar-refractivity contribution in [3.63, 3.8) is 0 Å². The lowest BCUT2D eigenvalue weighted by Crippen LogP contribution is -2.47. The molecule has 1 aromatic heterocycles. The zero-order valence-corrected chi connectivity index (χ0v) is 14.8. The molecule has 9 heteroatoms. The van der Waals surface area contributed by atoms with Crippen molar-refractivity contribution in [3.8, 4) is 0 Å². The highest BCUT2D eigenvalue weighted by atomic mass is 32.1. The number of hydrogen-bond acceptors (Lipinski definition) is 7. The topological polar surface area (TPSA) is 98.7 Å². The summed E-state index contributed by atoms with van der Waals surface area (Å²) in [7, 11) is 2.05. The van der Waals surface area contributed by atoms with E-state index >= 15 is 0 Å². The van der Waals surface area contributed by atoms with Crippen LogP contribution in [0.2, 0.25) is 0 Å². The van der Waals surface area contributed by atoms with E-state index in [0.29, 0.717) is 17.7 Å². The van der Waals surface area contributed by atoms with Crippen LogP contribution in [0.15, 0.2) is 18.2 Å². The number of nitrogens with one attached hydrogen (secondary N) is 1. The standard InChI is InChI=1S/C16H21N5O3S/c1-20-5-7-21(8-6-20)10-11(16(23)24)9-14(22)17-12-3-2-4-13-15(12)19-25-18-13/h2-4,11H,5-10H2,1H3,(H,17,22)(H,23,24). The fraction of sp³-hybridized carbons (Fsp3) is 0.500. The Morgan fingerprint density at radius 3 is 2.76 bits per heavy atom. The number of nitrogens with zero attached hydrogens (tertiary/aromatic N) is 4. The molecule has 2 N–H and O–H groups in total. The zero-order valence-electron chi connectivity index (χ0n) is 14.0. The fourth-order valence-electron chi connectivity index (χ4n) is 2.90. The fourth-order valence-corrected chi connectivity index (χ4v) is 3.45. The van der Waals surface area contributed by atoms with Gasteiger partial charge in [0.15, 0.2) is 0 Å².